The number of esters is 1. The van der Waals surface area contributed by atoms with E-state index in [1.807, 2.05) is 20.8 Å². The number of carbonyl (C=O) groups excluding carboxylic acids is 1. The molecule has 20 heavy (non-hydrogen) atoms. The quantitative estimate of drug-likeness (QED) is 0.811. The topological polar surface area (TPSA) is 57.0 Å². The summed E-state index contributed by atoms with van der Waals surface area (Å²) in [5.74, 6) is -0.430. The van der Waals surface area contributed by atoms with Gasteiger partial charge in [-0.3, -0.25) is 0 Å². The standard InChI is InChI=1S/C14H18ClN3O2/c1-5-10-11(14(19)20-6-2)12(15)9-7-16-18(8(3)4)13(9)17-10/h7-8H,5-6H2,1-4H3. The smallest absolute Gasteiger partial charge is 0.341 e. The second-order valence-electron chi connectivity index (χ2n) is 4.74. The molecule has 0 amide bonds. The summed E-state index contributed by atoms with van der Waals surface area (Å²) >= 11 is 6.38. The van der Waals surface area contributed by atoms with Crippen LogP contribution in [0.2, 0.25) is 5.02 Å². The van der Waals surface area contributed by atoms with Crippen molar-refractivity contribution in [2.45, 2.75) is 40.2 Å². The monoisotopic (exact) mass is 295 g/mol. The molecule has 0 atom stereocenters. The number of hydrogen-bond acceptors (Lipinski definition) is 4. The van der Waals surface area contributed by atoms with Crippen LogP contribution in [0.25, 0.3) is 11.0 Å². The summed E-state index contributed by atoms with van der Waals surface area (Å²) in [6.07, 6.45) is 2.25. The lowest BCUT2D eigenvalue weighted by Crippen LogP contribution is -2.12. The van der Waals surface area contributed by atoms with Crippen LogP contribution in [0.5, 0.6) is 0 Å². The Balaban J connectivity index is 2.71. The van der Waals surface area contributed by atoms with Gasteiger partial charge in [-0.15, -0.1) is 0 Å². The lowest BCUT2D eigenvalue weighted by Gasteiger charge is -2.11. The first-order chi connectivity index (χ1) is 9.51. The number of fused-ring (bicyclic) bond motifs is 1. The van der Waals surface area contributed by atoms with Gasteiger partial charge in [0.25, 0.3) is 0 Å². The Morgan fingerprint density at radius 2 is 2.15 bits per heavy atom. The molecule has 0 spiro atoms. The molecule has 0 saturated heterocycles. The van der Waals surface area contributed by atoms with Crippen molar-refractivity contribution in [3.63, 3.8) is 0 Å². The van der Waals surface area contributed by atoms with Gasteiger partial charge in [0.15, 0.2) is 5.65 Å². The van der Waals surface area contributed by atoms with E-state index < -0.39 is 5.97 Å². The lowest BCUT2D eigenvalue weighted by atomic mass is 10.1. The van der Waals surface area contributed by atoms with Gasteiger partial charge in [0.2, 0.25) is 0 Å². The molecule has 2 rings (SSSR count). The summed E-state index contributed by atoms with van der Waals surface area (Å²) in [4.78, 5) is 16.6. The summed E-state index contributed by atoms with van der Waals surface area (Å²) in [6.45, 7) is 8.05. The van der Waals surface area contributed by atoms with E-state index in [2.05, 4.69) is 10.1 Å². The maximum atomic E-state index is 12.1. The number of carbonyl (C=O) groups is 1. The Morgan fingerprint density at radius 1 is 1.45 bits per heavy atom. The molecule has 5 nitrogen and oxygen atoms in total. The van der Waals surface area contributed by atoms with Crippen LogP contribution in [0, 0.1) is 0 Å². The molecule has 2 heterocycles. The van der Waals surface area contributed by atoms with Crippen molar-refractivity contribution in [1.82, 2.24) is 14.8 Å². The number of hydrogen-bond donors (Lipinski definition) is 0. The molecule has 0 aliphatic heterocycles. The fourth-order valence-corrected chi connectivity index (χ4v) is 2.43. The average molecular weight is 296 g/mol. The maximum Gasteiger partial charge on any atom is 0.341 e. The largest absolute Gasteiger partial charge is 0.462 e. The van der Waals surface area contributed by atoms with Crippen LogP contribution in [0.1, 0.15) is 49.8 Å². The maximum absolute atomic E-state index is 12.1. The van der Waals surface area contributed by atoms with Crippen LogP contribution < -0.4 is 0 Å². The summed E-state index contributed by atoms with van der Waals surface area (Å²) in [6, 6.07) is 0.175. The third kappa shape index (κ3) is 2.38. The summed E-state index contributed by atoms with van der Waals surface area (Å²) in [5, 5.41) is 5.35. The molecular weight excluding hydrogens is 278 g/mol. The fraction of sp³-hybridized carbons (Fsp3) is 0.500. The van der Waals surface area contributed by atoms with E-state index >= 15 is 0 Å². The summed E-state index contributed by atoms with van der Waals surface area (Å²) in [7, 11) is 0. The van der Waals surface area contributed by atoms with Gasteiger partial charge < -0.3 is 4.74 Å². The molecule has 0 N–H and O–H groups in total. The van der Waals surface area contributed by atoms with Gasteiger partial charge in [0, 0.05) is 6.04 Å². The average Bonchev–Trinajstić information content (AvgIpc) is 2.82. The molecule has 2 aromatic heterocycles. The molecule has 0 unspecified atom stereocenters. The van der Waals surface area contributed by atoms with Gasteiger partial charge in [-0.05, 0) is 27.2 Å². The SMILES string of the molecule is CCOC(=O)c1c(CC)nc2c(cnn2C(C)C)c1Cl. The number of aryl methyl sites for hydroxylation is 1. The molecule has 2 aromatic rings. The van der Waals surface area contributed by atoms with E-state index in [0.29, 0.717) is 40.3 Å². The second-order valence-corrected chi connectivity index (χ2v) is 5.12. The van der Waals surface area contributed by atoms with Gasteiger partial charge in [-0.1, -0.05) is 18.5 Å². The molecule has 0 bridgehead atoms. The van der Waals surface area contributed by atoms with Crippen LogP contribution in [0.4, 0.5) is 0 Å². The molecule has 108 valence electrons. The highest BCUT2D eigenvalue weighted by Crippen LogP contribution is 2.30. The first-order valence-electron chi connectivity index (χ1n) is 6.73. The zero-order valence-electron chi connectivity index (χ0n) is 12.1. The number of nitrogens with zero attached hydrogens (tertiary/aromatic N) is 3. The third-order valence-corrected chi connectivity index (χ3v) is 3.45. The minimum absolute atomic E-state index is 0.175. The highest BCUT2D eigenvalue weighted by atomic mass is 35.5. The van der Waals surface area contributed by atoms with Gasteiger partial charge in [0.05, 0.1) is 28.9 Å². The minimum Gasteiger partial charge on any atom is -0.462 e. The van der Waals surface area contributed by atoms with Crippen molar-refractivity contribution < 1.29 is 9.53 Å². The Kier molecular flexibility index (Phi) is 4.28. The Bertz CT molecular complexity index is 649. The number of pyridine rings is 1. The van der Waals surface area contributed by atoms with E-state index in [1.54, 1.807) is 17.8 Å². The molecule has 0 aromatic carbocycles. The zero-order valence-corrected chi connectivity index (χ0v) is 12.9. The van der Waals surface area contributed by atoms with Crippen molar-refractivity contribution in [2.75, 3.05) is 6.61 Å². The van der Waals surface area contributed by atoms with Crippen molar-refractivity contribution in [1.29, 1.82) is 0 Å². The van der Waals surface area contributed by atoms with Gasteiger partial charge in [-0.25, -0.2) is 14.5 Å². The van der Waals surface area contributed by atoms with Gasteiger partial charge >= 0.3 is 5.97 Å². The molecule has 0 fully saturated rings. The Hall–Kier alpha value is -1.62. The highest BCUT2D eigenvalue weighted by Gasteiger charge is 2.22. The molecule has 6 heteroatoms. The first-order valence-corrected chi connectivity index (χ1v) is 7.11. The van der Waals surface area contributed by atoms with Crippen LogP contribution in [-0.2, 0) is 11.2 Å². The van der Waals surface area contributed by atoms with E-state index in [4.69, 9.17) is 16.3 Å². The predicted octanol–water partition coefficient (Wildman–Crippen LogP) is 3.40. The number of aromatic nitrogens is 3. The molecule has 0 saturated carbocycles. The number of rotatable bonds is 4. The van der Waals surface area contributed by atoms with Crippen molar-refractivity contribution in [3.05, 3.63) is 22.5 Å². The number of halogens is 1. The van der Waals surface area contributed by atoms with Crippen LogP contribution >= 0.6 is 11.6 Å². The van der Waals surface area contributed by atoms with Crippen molar-refractivity contribution in [3.8, 4) is 0 Å². The van der Waals surface area contributed by atoms with Crippen LogP contribution in [0.15, 0.2) is 6.20 Å². The molecule has 0 aliphatic rings. The number of ether oxygens (including phenoxy) is 1. The molecular formula is C14H18ClN3O2. The van der Waals surface area contributed by atoms with E-state index in [0.717, 1.165) is 0 Å². The Labute approximate surface area is 122 Å². The predicted molar refractivity (Wildman–Crippen MR) is 78.3 cm³/mol. The van der Waals surface area contributed by atoms with Crippen LogP contribution in [0.3, 0.4) is 0 Å². The molecule has 0 radical (unpaired) electrons. The summed E-state index contributed by atoms with van der Waals surface area (Å²) < 4.78 is 6.86. The van der Waals surface area contributed by atoms with Gasteiger partial charge in [0.1, 0.15) is 5.56 Å². The zero-order chi connectivity index (χ0) is 14.9. The normalized spacial score (nSPS) is 11.3. The van der Waals surface area contributed by atoms with Crippen molar-refractivity contribution in [2.24, 2.45) is 0 Å². The second kappa shape index (κ2) is 5.79. The Morgan fingerprint density at radius 3 is 2.70 bits per heavy atom. The van der Waals surface area contributed by atoms with Crippen LogP contribution in [-0.4, -0.2) is 27.3 Å². The highest BCUT2D eigenvalue weighted by molar-refractivity contribution is 6.38. The fourth-order valence-electron chi connectivity index (χ4n) is 2.11. The van der Waals surface area contributed by atoms with E-state index in [9.17, 15) is 4.79 Å². The van der Waals surface area contributed by atoms with E-state index in [1.165, 1.54) is 0 Å². The van der Waals surface area contributed by atoms with E-state index in [-0.39, 0.29) is 6.04 Å². The lowest BCUT2D eigenvalue weighted by molar-refractivity contribution is 0.0525. The third-order valence-electron chi connectivity index (χ3n) is 3.06. The van der Waals surface area contributed by atoms with Gasteiger partial charge in [-0.2, -0.15) is 5.10 Å². The summed E-state index contributed by atoms with van der Waals surface area (Å²) in [5.41, 5.74) is 1.70. The molecule has 0 aliphatic carbocycles. The minimum atomic E-state index is -0.430. The van der Waals surface area contributed by atoms with Crippen molar-refractivity contribution >= 4 is 28.6 Å². The first kappa shape index (κ1) is 14.8.